The minimum Gasteiger partial charge on any atom is -0.331 e. The molecule has 1 aliphatic rings. The van der Waals surface area contributed by atoms with Crippen molar-refractivity contribution < 1.29 is 7.54 Å². The quantitative estimate of drug-likeness (QED) is 0.663. The summed E-state index contributed by atoms with van der Waals surface area (Å²) in [6.07, 6.45) is 0. The molecule has 2 unspecified atom stereocenters. The molecule has 1 heterocycles. The van der Waals surface area contributed by atoms with Gasteiger partial charge in [0.2, 0.25) is 5.91 Å². The lowest BCUT2D eigenvalue weighted by atomic mass is 10.2. The monoisotopic (exact) mass is 347 g/mol. The number of rotatable bonds is 6. The molecule has 1 aliphatic heterocycles. The molecule has 0 bridgehead atoms. The largest absolute Gasteiger partial charge is 0.331 e. The van der Waals surface area contributed by atoms with Crippen LogP contribution >= 0.6 is 0 Å². The Bertz CT molecular complexity index is 662. The lowest BCUT2D eigenvalue weighted by molar-refractivity contribution is -0.125. The van der Waals surface area contributed by atoms with Crippen molar-refractivity contribution in [1.82, 2.24) is 4.90 Å². The van der Waals surface area contributed by atoms with Crippen LogP contribution in [0.1, 0.15) is 8.30 Å². The van der Waals surface area contributed by atoms with Gasteiger partial charge in [-0.15, -0.1) is 0 Å². The van der Waals surface area contributed by atoms with Crippen molar-refractivity contribution in [2.24, 2.45) is 0 Å². The summed E-state index contributed by atoms with van der Waals surface area (Å²) in [6.45, 7) is 14.0. The highest BCUT2D eigenvalue weighted by Crippen LogP contribution is 2.32. The second kappa shape index (κ2) is 6.77. The van der Waals surface area contributed by atoms with Crippen LogP contribution < -0.4 is 0 Å². The predicted octanol–water partition coefficient (Wildman–Crippen LogP) is 5.00. The molecule has 0 saturated carbocycles. The zero-order valence-electron chi connectivity index (χ0n) is 17.3. The first kappa shape index (κ1) is 15.4. The van der Waals surface area contributed by atoms with Crippen LogP contribution in [0.4, 0.5) is 0 Å². The fourth-order valence-electron chi connectivity index (χ4n) is 2.84. The van der Waals surface area contributed by atoms with Gasteiger partial charge in [0.25, 0.3) is 0 Å². The first-order valence-corrected chi connectivity index (χ1v) is 15.5. The summed E-state index contributed by atoms with van der Waals surface area (Å²) in [5, 5.41) is 0. The smallest absolute Gasteiger partial charge is 0.250 e. The van der Waals surface area contributed by atoms with Crippen molar-refractivity contribution in [1.29, 1.82) is 0 Å². The van der Waals surface area contributed by atoms with E-state index in [0.29, 0.717) is 18.7 Å². The molecule has 1 aromatic carbocycles. The Hall–Kier alpha value is -1.14. The molecule has 0 aromatic heterocycles. The molecular weight excluding hydrogens is 314 g/mol. The Morgan fingerprint density at radius 1 is 1.00 bits per heavy atom. The number of carbonyl (C=O) groups is 1. The van der Waals surface area contributed by atoms with Crippen molar-refractivity contribution in [3.63, 3.8) is 0 Å². The van der Waals surface area contributed by atoms with Crippen LogP contribution in [0.15, 0.2) is 41.5 Å². The van der Waals surface area contributed by atoms with Gasteiger partial charge in [0.1, 0.15) is 0 Å². The summed E-state index contributed by atoms with van der Waals surface area (Å²) in [5.41, 5.74) is 2.65. The summed E-state index contributed by atoms with van der Waals surface area (Å²) in [5.74, 6) is -0.0169. The second-order valence-corrected chi connectivity index (χ2v) is 18.6. The van der Waals surface area contributed by atoms with Crippen molar-refractivity contribution in [3.8, 4) is 0 Å². The van der Waals surface area contributed by atoms with Crippen molar-refractivity contribution in [2.75, 3.05) is 6.54 Å². The molecule has 0 fully saturated rings. The van der Waals surface area contributed by atoms with Gasteiger partial charge in [-0.25, -0.2) is 0 Å². The van der Waals surface area contributed by atoms with Gasteiger partial charge in [0.15, 0.2) is 0 Å². The van der Waals surface area contributed by atoms with Gasteiger partial charge in [-0.05, 0) is 23.2 Å². The number of carbonyl (C=O) groups excluding carboxylic acids is 1. The molecule has 0 radical (unpaired) electrons. The fourth-order valence-corrected chi connectivity index (χ4v) is 5.30. The third-order valence-corrected chi connectivity index (χ3v) is 5.99. The van der Waals surface area contributed by atoms with Gasteiger partial charge in [0, 0.05) is 37.6 Å². The van der Waals surface area contributed by atoms with E-state index in [1.807, 2.05) is 35.2 Å². The maximum Gasteiger partial charge on any atom is 0.250 e. The Labute approximate surface area is 146 Å². The van der Waals surface area contributed by atoms with Gasteiger partial charge in [-0.1, -0.05) is 69.6 Å². The molecule has 126 valence electrons. The average Bonchev–Trinajstić information content (AvgIpc) is 2.81. The number of nitrogens with zero attached hydrogens (tertiary/aromatic N) is 1. The molecular formula is C19H31NOSi2. The molecule has 0 aliphatic carbocycles. The van der Waals surface area contributed by atoms with Gasteiger partial charge >= 0.3 is 0 Å². The lowest BCUT2D eigenvalue weighted by Crippen LogP contribution is -2.29. The third kappa shape index (κ3) is 5.46. The SMILES string of the molecule is [2H]C(C1=C(C([2H])[Si](C)(C)C)C(=O)N(Cc2ccccc2)C1)[Si](C)(C)C. The molecule has 4 heteroatoms. The van der Waals surface area contributed by atoms with Crippen LogP contribution in [0.3, 0.4) is 0 Å². The molecule has 0 N–H and O–H groups in total. The molecule has 2 nitrogen and oxygen atoms in total. The zero-order valence-corrected chi connectivity index (χ0v) is 17.3. The summed E-state index contributed by atoms with van der Waals surface area (Å²) in [4.78, 5) is 15.0. The molecule has 2 rings (SSSR count). The Balaban J connectivity index is 2.38. The van der Waals surface area contributed by atoms with E-state index in [-0.39, 0.29) is 11.9 Å². The standard InChI is InChI=1S/C19H31NOSi2/c1-22(2,3)14-17-13-20(12-16-10-8-7-9-11-16)19(21)18(17)15-23(4,5)6/h7-11H,12-15H2,1-6H3/i14D,15D. The van der Waals surface area contributed by atoms with Gasteiger partial charge in [-0.3, -0.25) is 4.79 Å². The van der Waals surface area contributed by atoms with Crippen molar-refractivity contribution in [2.45, 2.75) is 57.9 Å². The van der Waals surface area contributed by atoms with Crippen LogP contribution in [-0.2, 0) is 11.3 Å². The Morgan fingerprint density at radius 2 is 1.57 bits per heavy atom. The first-order chi connectivity index (χ1) is 11.4. The highest BCUT2D eigenvalue weighted by atomic mass is 28.3. The number of hydrogen-bond donors (Lipinski definition) is 0. The van der Waals surface area contributed by atoms with Crippen molar-refractivity contribution >= 4 is 22.1 Å². The summed E-state index contributed by atoms with van der Waals surface area (Å²) >= 11 is 0. The maximum atomic E-state index is 13.1. The maximum absolute atomic E-state index is 13.1. The highest BCUT2D eigenvalue weighted by Gasteiger charge is 2.34. The lowest BCUT2D eigenvalue weighted by Gasteiger charge is -2.20. The van der Waals surface area contributed by atoms with E-state index >= 15 is 0 Å². The van der Waals surface area contributed by atoms with Crippen LogP contribution in [0.5, 0.6) is 0 Å². The summed E-state index contributed by atoms with van der Waals surface area (Å²) < 4.78 is 17.5. The molecule has 23 heavy (non-hydrogen) atoms. The normalized spacial score (nSPS) is 20.4. The van der Waals surface area contributed by atoms with Crippen LogP contribution in [0, 0.1) is 0 Å². The fraction of sp³-hybridized carbons (Fsp3) is 0.526. The van der Waals surface area contributed by atoms with E-state index in [0.717, 1.165) is 11.1 Å². The molecule has 1 aromatic rings. The highest BCUT2D eigenvalue weighted by molar-refractivity contribution is 6.77. The van der Waals surface area contributed by atoms with Crippen LogP contribution in [0.25, 0.3) is 0 Å². The van der Waals surface area contributed by atoms with Crippen LogP contribution in [-0.4, -0.2) is 33.5 Å². The topological polar surface area (TPSA) is 20.3 Å². The molecule has 0 spiro atoms. The molecule has 0 saturated heterocycles. The third-order valence-electron chi connectivity index (χ3n) is 3.63. The zero-order chi connectivity index (χ0) is 19.0. The number of benzene rings is 1. The predicted molar refractivity (Wildman–Crippen MR) is 105 cm³/mol. The van der Waals surface area contributed by atoms with Gasteiger partial charge in [-0.2, -0.15) is 0 Å². The summed E-state index contributed by atoms with van der Waals surface area (Å²) in [7, 11) is -3.60. The number of hydrogen-bond acceptors (Lipinski definition) is 1. The second-order valence-electron chi connectivity index (χ2n) is 8.61. The molecule has 2 atom stereocenters. The minimum atomic E-state index is -1.84. The van der Waals surface area contributed by atoms with E-state index in [1.54, 1.807) is 0 Å². The van der Waals surface area contributed by atoms with E-state index in [4.69, 9.17) is 2.74 Å². The number of amides is 1. The van der Waals surface area contributed by atoms with Crippen molar-refractivity contribution in [3.05, 3.63) is 47.0 Å². The van der Waals surface area contributed by atoms with E-state index in [1.165, 1.54) is 0 Å². The Kier molecular flexibility index (Phi) is 4.53. The summed E-state index contributed by atoms with van der Waals surface area (Å²) in [6, 6.07) is 9.21. The van der Waals surface area contributed by atoms with Gasteiger partial charge in [0.05, 0.1) is 0 Å². The van der Waals surface area contributed by atoms with E-state index in [2.05, 4.69) is 39.3 Å². The van der Waals surface area contributed by atoms with Crippen LogP contribution in [0.2, 0.25) is 51.3 Å². The van der Waals surface area contributed by atoms with Gasteiger partial charge < -0.3 is 4.90 Å². The average molecular weight is 348 g/mol. The first-order valence-electron chi connectivity index (χ1n) is 9.49. The molecule has 1 amide bonds. The minimum absolute atomic E-state index is 0.0169. The van der Waals surface area contributed by atoms with E-state index < -0.39 is 22.2 Å². The Morgan fingerprint density at radius 3 is 2.09 bits per heavy atom. The van der Waals surface area contributed by atoms with E-state index in [9.17, 15) is 4.79 Å².